The van der Waals surface area contributed by atoms with Crippen molar-refractivity contribution in [2.75, 3.05) is 0 Å². The van der Waals surface area contributed by atoms with Gasteiger partial charge in [-0.15, -0.1) is 0 Å². The van der Waals surface area contributed by atoms with Gasteiger partial charge in [-0.2, -0.15) is 0 Å². The quantitative estimate of drug-likeness (QED) is 0.892. The fraction of sp³-hybridized carbons (Fsp3) is 0.500. The Labute approximate surface area is 123 Å². The molecule has 1 aromatic rings. The molecule has 2 N–H and O–H groups in total. The van der Waals surface area contributed by atoms with Crippen molar-refractivity contribution in [3.63, 3.8) is 0 Å². The fourth-order valence-corrected chi connectivity index (χ4v) is 3.76. The van der Waals surface area contributed by atoms with Crippen molar-refractivity contribution in [2.45, 2.75) is 31.9 Å². The third-order valence-corrected chi connectivity index (χ3v) is 4.70. The summed E-state index contributed by atoms with van der Waals surface area (Å²) in [7, 11) is 0. The number of ether oxygens (including phenoxy) is 1. The van der Waals surface area contributed by atoms with Crippen LogP contribution in [0.5, 0.6) is 0 Å². The summed E-state index contributed by atoms with van der Waals surface area (Å²) in [5.74, 6) is -0.795. The van der Waals surface area contributed by atoms with Crippen LogP contribution in [0.4, 0.5) is 4.79 Å². The molecule has 1 aromatic carbocycles. The van der Waals surface area contributed by atoms with E-state index in [0.29, 0.717) is 0 Å². The number of carbonyl (C=O) groups excluding carboxylic acids is 1. The topological polar surface area (TPSA) is 75.6 Å². The van der Waals surface area contributed by atoms with Gasteiger partial charge in [0.05, 0.1) is 5.92 Å². The Morgan fingerprint density at radius 3 is 2.62 bits per heavy atom. The zero-order chi connectivity index (χ0) is 14.8. The SMILES string of the molecule is O=C(N[C@@H]1[C@H]2CC[C@H](C2)[C@@H]1C(=O)O)OCc1ccccc1. The van der Waals surface area contributed by atoms with Gasteiger partial charge < -0.3 is 15.2 Å². The highest BCUT2D eigenvalue weighted by Crippen LogP contribution is 2.48. The first-order chi connectivity index (χ1) is 10.1. The van der Waals surface area contributed by atoms with Crippen molar-refractivity contribution in [3.8, 4) is 0 Å². The molecule has 21 heavy (non-hydrogen) atoms. The monoisotopic (exact) mass is 289 g/mol. The highest BCUT2D eigenvalue weighted by Gasteiger charge is 2.51. The first-order valence-electron chi connectivity index (χ1n) is 7.35. The van der Waals surface area contributed by atoms with Crippen LogP contribution in [-0.2, 0) is 16.1 Å². The van der Waals surface area contributed by atoms with Crippen molar-refractivity contribution in [2.24, 2.45) is 17.8 Å². The lowest BCUT2D eigenvalue weighted by molar-refractivity contribution is -0.144. The average molecular weight is 289 g/mol. The summed E-state index contributed by atoms with van der Waals surface area (Å²) in [5, 5.41) is 12.1. The molecule has 4 atom stereocenters. The number of carbonyl (C=O) groups is 2. The molecule has 112 valence electrons. The molecule has 0 heterocycles. The van der Waals surface area contributed by atoms with Crippen molar-refractivity contribution in [1.29, 1.82) is 0 Å². The summed E-state index contributed by atoms with van der Waals surface area (Å²) in [6.07, 6.45) is 2.33. The third kappa shape index (κ3) is 2.86. The molecule has 2 fully saturated rings. The second kappa shape index (κ2) is 5.76. The van der Waals surface area contributed by atoms with Crippen LogP contribution in [-0.4, -0.2) is 23.2 Å². The van der Waals surface area contributed by atoms with E-state index in [1.54, 1.807) is 0 Å². The smallest absolute Gasteiger partial charge is 0.407 e. The van der Waals surface area contributed by atoms with Crippen LogP contribution < -0.4 is 5.32 Å². The van der Waals surface area contributed by atoms with Gasteiger partial charge >= 0.3 is 12.1 Å². The number of nitrogens with one attached hydrogen (secondary N) is 1. The number of amides is 1. The van der Waals surface area contributed by atoms with Crippen LogP contribution >= 0.6 is 0 Å². The van der Waals surface area contributed by atoms with E-state index in [0.717, 1.165) is 24.8 Å². The number of aliphatic carboxylic acids is 1. The van der Waals surface area contributed by atoms with Crippen molar-refractivity contribution in [1.82, 2.24) is 5.32 Å². The molecule has 0 radical (unpaired) electrons. The van der Waals surface area contributed by atoms with Crippen LogP contribution in [0.1, 0.15) is 24.8 Å². The van der Waals surface area contributed by atoms with Gasteiger partial charge in [-0.05, 0) is 36.7 Å². The molecule has 2 bridgehead atoms. The third-order valence-electron chi connectivity index (χ3n) is 4.70. The van der Waals surface area contributed by atoms with Crippen LogP contribution in [0.2, 0.25) is 0 Å². The largest absolute Gasteiger partial charge is 0.481 e. The second-order valence-electron chi connectivity index (χ2n) is 5.93. The molecule has 3 rings (SSSR count). The highest BCUT2D eigenvalue weighted by molar-refractivity contribution is 5.74. The van der Waals surface area contributed by atoms with Gasteiger partial charge in [0.25, 0.3) is 0 Å². The molecular weight excluding hydrogens is 270 g/mol. The number of fused-ring (bicyclic) bond motifs is 2. The van der Waals surface area contributed by atoms with E-state index in [9.17, 15) is 14.7 Å². The number of rotatable bonds is 4. The van der Waals surface area contributed by atoms with E-state index in [-0.39, 0.29) is 24.5 Å². The number of carboxylic acid groups (broad SMARTS) is 1. The van der Waals surface area contributed by atoms with Gasteiger partial charge in [0.1, 0.15) is 6.61 Å². The van der Waals surface area contributed by atoms with Crippen LogP contribution in [0.3, 0.4) is 0 Å². The van der Waals surface area contributed by atoms with Gasteiger partial charge in [-0.1, -0.05) is 30.3 Å². The second-order valence-corrected chi connectivity index (χ2v) is 5.93. The molecule has 1 amide bonds. The summed E-state index contributed by atoms with van der Waals surface area (Å²) in [6.45, 7) is 0.200. The molecule has 0 aromatic heterocycles. The molecule has 2 saturated carbocycles. The van der Waals surface area contributed by atoms with Crippen molar-refractivity contribution in [3.05, 3.63) is 35.9 Å². The first-order valence-corrected chi connectivity index (χ1v) is 7.35. The molecule has 5 nitrogen and oxygen atoms in total. The number of carboxylic acids is 1. The van der Waals surface area contributed by atoms with E-state index in [2.05, 4.69) is 5.32 Å². The summed E-state index contributed by atoms with van der Waals surface area (Å²) < 4.78 is 5.18. The minimum atomic E-state index is -0.810. The lowest BCUT2D eigenvalue weighted by Gasteiger charge is -2.28. The van der Waals surface area contributed by atoms with Gasteiger partial charge in [0.2, 0.25) is 0 Å². The lowest BCUT2D eigenvalue weighted by Crippen LogP contribution is -2.46. The van der Waals surface area contributed by atoms with Gasteiger partial charge in [0, 0.05) is 6.04 Å². The van der Waals surface area contributed by atoms with E-state index in [4.69, 9.17) is 4.74 Å². The predicted molar refractivity (Wildman–Crippen MR) is 75.5 cm³/mol. The summed E-state index contributed by atoms with van der Waals surface area (Å²) >= 11 is 0. The van der Waals surface area contributed by atoms with Gasteiger partial charge in [-0.3, -0.25) is 4.79 Å². The Kier molecular flexibility index (Phi) is 3.82. The number of alkyl carbamates (subject to hydrolysis) is 1. The van der Waals surface area contributed by atoms with Crippen molar-refractivity contribution < 1.29 is 19.4 Å². The highest BCUT2D eigenvalue weighted by atomic mass is 16.5. The van der Waals surface area contributed by atoms with Crippen LogP contribution in [0.25, 0.3) is 0 Å². The van der Waals surface area contributed by atoms with Gasteiger partial charge in [0.15, 0.2) is 0 Å². The van der Waals surface area contributed by atoms with Crippen molar-refractivity contribution >= 4 is 12.1 Å². The van der Waals surface area contributed by atoms with Crippen LogP contribution in [0.15, 0.2) is 30.3 Å². The number of benzene rings is 1. The Morgan fingerprint density at radius 1 is 1.19 bits per heavy atom. The Balaban J connectivity index is 1.56. The molecule has 0 unspecified atom stereocenters. The number of hydrogen-bond donors (Lipinski definition) is 2. The van der Waals surface area contributed by atoms with E-state index in [1.165, 1.54) is 0 Å². The van der Waals surface area contributed by atoms with E-state index in [1.807, 2.05) is 30.3 Å². The molecule has 0 aliphatic heterocycles. The standard InChI is InChI=1S/C16H19NO4/c18-15(19)13-11-6-7-12(8-11)14(13)17-16(20)21-9-10-4-2-1-3-5-10/h1-5,11-14H,6-9H2,(H,17,20)(H,18,19)/t11-,12+,13+,14-/m1/s1. The zero-order valence-corrected chi connectivity index (χ0v) is 11.7. The van der Waals surface area contributed by atoms with E-state index >= 15 is 0 Å². The maximum absolute atomic E-state index is 11.9. The molecule has 5 heteroatoms. The molecule has 2 aliphatic rings. The van der Waals surface area contributed by atoms with E-state index < -0.39 is 18.0 Å². The maximum atomic E-state index is 11.9. The number of hydrogen-bond acceptors (Lipinski definition) is 3. The normalized spacial score (nSPS) is 30.1. The Bertz CT molecular complexity index is 530. The molecule has 0 saturated heterocycles. The summed E-state index contributed by atoms with van der Waals surface area (Å²) in [6, 6.07) is 9.14. The van der Waals surface area contributed by atoms with Gasteiger partial charge in [-0.25, -0.2) is 4.79 Å². The van der Waals surface area contributed by atoms with Crippen LogP contribution in [0, 0.1) is 17.8 Å². The average Bonchev–Trinajstić information content (AvgIpc) is 3.07. The molecular formula is C16H19NO4. The Morgan fingerprint density at radius 2 is 1.90 bits per heavy atom. The predicted octanol–water partition coefficient (Wildman–Crippen LogP) is 2.41. The zero-order valence-electron chi connectivity index (χ0n) is 11.7. The molecule has 0 spiro atoms. The first kappa shape index (κ1) is 13.9. The lowest BCUT2D eigenvalue weighted by atomic mass is 9.84. The molecule has 2 aliphatic carbocycles. The Hall–Kier alpha value is -2.04. The summed E-state index contributed by atoms with van der Waals surface area (Å²) in [5.41, 5.74) is 0.912. The minimum Gasteiger partial charge on any atom is -0.481 e. The maximum Gasteiger partial charge on any atom is 0.407 e. The fourth-order valence-electron chi connectivity index (χ4n) is 3.76. The summed E-state index contributed by atoms with van der Waals surface area (Å²) in [4.78, 5) is 23.3. The minimum absolute atomic E-state index is 0.200.